The molecule has 1 radical (unpaired) electrons. The molecule has 0 aliphatic carbocycles. The van der Waals surface area contributed by atoms with Gasteiger partial charge >= 0.3 is 0 Å². The van der Waals surface area contributed by atoms with Crippen molar-refractivity contribution in [1.82, 2.24) is 19.9 Å². The van der Waals surface area contributed by atoms with Gasteiger partial charge in [-0.3, -0.25) is 9.59 Å². The smallest absolute Gasteiger partial charge is 0.233 e. The Labute approximate surface area is 363 Å². The monoisotopic (exact) mass is 1020 g/mol. The van der Waals surface area contributed by atoms with E-state index in [2.05, 4.69) is 44.2 Å². The molecule has 0 aromatic carbocycles. The van der Waals surface area contributed by atoms with Crippen LogP contribution in [0.25, 0.3) is 0 Å². The molecule has 307 valence electrons. The summed E-state index contributed by atoms with van der Waals surface area (Å²) in [5, 5.41) is 41.1. The zero-order chi connectivity index (χ0) is 39.0. The van der Waals surface area contributed by atoms with Gasteiger partial charge in [-0.15, -0.1) is 18.3 Å². The summed E-state index contributed by atoms with van der Waals surface area (Å²) in [4.78, 5) is 37.0. The minimum absolute atomic E-state index is 0. The predicted molar refractivity (Wildman–Crippen MR) is 185 cm³/mol. The Kier molecular flexibility index (Phi) is 21.1. The van der Waals surface area contributed by atoms with Crippen LogP contribution in [-0.2, 0) is 110 Å². The number of aliphatic carboxylic acids is 1. The molecule has 4 aliphatic heterocycles. The first kappa shape index (κ1) is 49.8. The number of carbonyl (C=O) groups excluding carboxylic acids is 3. The van der Waals surface area contributed by atoms with Crippen molar-refractivity contribution in [2.75, 3.05) is 26.4 Å². The van der Waals surface area contributed by atoms with E-state index in [1.165, 1.54) is 4.90 Å². The summed E-state index contributed by atoms with van der Waals surface area (Å²) < 4.78 is 35.7. The summed E-state index contributed by atoms with van der Waals surface area (Å²) in [5.41, 5.74) is 0.918. The maximum atomic E-state index is 12.0. The number of carboxylic acids is 1. The van der Waals surface area contributed by atoms with Crippen LogP contribution in [0.3, 0.4) is 0 Å². The van der Waals surface area contributed by atoms with Crippen LogP contribution in [0, 0.1) is 50.4 Å². The molecule has 0 saturated carbocycles. The molecule has 14 atom stereocenters. The van der Waals surface area contributed by atoms with Gasteiger partial charge in [-0.1, -0.05) is 51.1 Å². The number of aliphatic hydroxyl groups excluding tert-OH is 2. The molecule has 2 amide bonds. The van der Waals surface area contributed by atoms with Gasteiger partial charge in [0, 0.05) is 71.8 Å². The van der Waals surface area contributed by atoms with Crippen molar-refractivity contribution in [3.8, 4) is 0 Å². The van der Waals surface area contributed by atoms with Gasteiger partial charge in [-0.05, 0) is 18.4 Å². The predicted octanol–water partition coefficient (Wildman–Crippen LogP) is 0.0733. The molecule has 4 saturated heterocycles. The van der Waals surface area contributed by atoms with Gasteiger partial charge < -0.3 is 74.2 Å². The summed E-state index contributed by atoms with van der Waals surface area (Å²) in [7, 11) is 0. The van der Waals surface area contributed by atoms with E-state index in [-0.39, 0.29) is 97.2 Å². The van der Waals surface area contributed by atoms with E-state index in [9.17, 15) is 29.7 Å². The Balaban J connectivity index is 0.000000486. The Morgan fingerprint density at radius 3 is 2.16 bits per heavy atom. The number of hydrogen-bond donors (Lipinski definition) is 2. The number of unbranched alkanes of at least 4 members (excludes halogenated alkanes) is 1. The van der Waals surface area contributed by atoms with Crippen molar-refractivity contribution in [2.45, 2.75) is 102 Å². The average molecular weight is 1020 g/mol. The number of hydrogen-bond acceptors (Lipinski definition) is 14. The zero-order valence-electron chi connectivity index (χ0n) is 31.8. The minimum Gasteiger partial charge on any atom is -0.547 e. The molecule has 1 aromatic rings. The second-order valence-corrected chi connectivity index (χ2v) is 13.8. The van der Waals surface area contributed by atoms with E-state index < -0.39 is 79.0 Å². The first-order valence-electron chi connectivity index (χ1n) is 18.1. The standard InChI is InChI=1S/C25H41N3O9.C12H14NO3.W.Y/c1-6-7-8-18-13-28(27-26-18)9-10-33-11-12-34-24-16(4)20(30)21(22(37-24)23(31)32)36-25-15(3)14(2)19(29)17(5)35-25;1-4-7-9-10(8(5-2)16-7)12(15)13(6-3)11(9)14;;/h13-17,19-22,24-25,29-30H,1,5-12H2,2-4H3,(H,31,32);4-5,7-10H,1-3,6H2;;/q-2;-1;;/p-1/t14-,15?,16?,17?,19+,20-,21+,22?,24-,25-;7-,8+,9+,10-;;/m1.../s1. The Morgan fingerprint density at radius 2 is 1.60 bits per heavy atom. The van der Waals surface area contributed by atoms with E-state index >= 15 is 0 Å². The van der Waals surface area contributed by atoms with Gasteiger partial charge in [0.15, 0.2) is 12.6 Å². The number of imide groups is 1. The number of ether oxygens (including phenoxy) is 6. The SMILES string of the molecule is C=C[C@@H]1O[C@H](C=C)[C@@H]2C(=O)N(C[CH2-])C(=O)[C@@H]21.[CH2-]CCCc1cn(CCOCCO[C@@H]2OC(C(=O)[O-])[C@@H](O[C@H]3OC([CH2-])[C@@H](O)[C@H](C)C3C)[C@H](O)C2C)nn1.[W].[Y]. The van der Waals surface area contributed by atoms with Gasteiger partial charge in [0.05, 0.1) is 74.3 Å². The van der Waals surface area contributed by atoms with Crippen molar-refractivity contribution in [2.24, 2.45) is 29.6 Å². The largest absolute Gasteiger partial charge is 0.547 e. The Hall–Kier alpha value is -1.30. The summed E-state index contributed by atoms with van der Waals surface area (Å²) in [6.07, 6.45) is -0.609. The molecule has 0 bridgehead atoms. The Morgan fingerprint density at radius 1 is 0.964 bits per heavy atom. The maximum absolute atomic E-state index is 12.0. The van der Waals surface area contributed by atoms with Crippen molar-refractivity contribution < 1.29 is 112 Å². The molecule has 1 aromatic heterocycles. The second kappa shape index (κ2) is 23.3. The fraction of sp³-hybridized carbons (Fsp3) is 0.676. The number of aryl methyl sites for hydroxylation is 1. The molecular weight excluding hydrogens is 965 g/mol. The number of nitrogens with zero attached hydrogens (tertiary/aromatic N) is 4. The summed E-state index contributed by atoms with van der Waals surface area (Å²) in [6, 6.07) is 0. The molecule has 0 spiro atoms. The number of amides is 2. The van der Waals surface area contributed by atoms with Crippen LogP contribution in [0.2, 0.25) is 0 Å². The minimum atomic E-state index is -1.58. The van der Waals surface area contributed by atoms with Crippen LogP contribution in [0.15, 0.2) is 31.5 Å². The number of aliphatic hydroxyl groups is 2. The first-order chi connectivity index (χ1) is 25.3. The number of likely N-dealkylation sites (tertiary alicyclic amines) is 1. The van der Waals surface area contributed by atoms with Crippen molar-refractivity contribution >= 4 is 17.8 Å². The van der Waals surface area contributed by atoms with Crippen LogP contribution in [0.5, 0.6) is 0 Å². The first-order valence-corrected chi connectivity index (χ1v) is 18.1. The fourth-order valence-corrected chi connectivity index (χ4v) is 6.90. The quantitative estimate of drug-likeness (QED) is 0.0975. The molecule has 2 N–H and O–H groups in total. The van der Waals surface area contributed by atoms with E-state index in [1.807, 2.05) is 20.0 Å². The van der Waals surface area contributed by atoms with Crippen LogP contribution in [0.4, 0.5) is 0 Å². The average Bonchev–Trinajstić information content (AvgIpc) is 3.83. The molecule has 4 fully saturated rings. The van der Waals surface area contributed by atoms with Gasteiger partial charge in [0.2, 0.25) is 11.8 Å². The topological polar surface area (TPSA) is 204 Å². The van der Waals surface area contributed by atoms with E-state index in [1.54, 1.807) is 23.8 Å². The van der Waals surface area contributed by atoms with E-state index in [4.69, 9.17) is 28.4 Å². The Bertz CT molecular complexity index is 1380. The third kappa shape index (κ3) is 11.9. The third-order valence-corrected chi connectivity index (χ3v) is 10.3. The van der Waals surface area contributed by atoms with E-state index in [0.717, 1.165) is 25.0 Å². The molecule has 4 unspecified atom stereocenters. The summed E-state index contributed by atoms with van der Waals surface area (Å²) >= 11 is 0. The third-order valence-electron chi connectivity index (χ3n) is 10.3. The molecule has 5 rings (SSSR count). The van der Waals surface area contributed by atoms with Crippen LogP contribution < -0.4 is 5.11 Å². The van der Waals surface area contributed by atoms with E-state index in [0.29, 0.717) is 13.2 Å². The molecule has 55 heavy (non-hydrogen) atoms. The summed E-state index contributed by atoms with van der Waals surface area (Å²) in [6.45, 7) is 25.2. The number of fused-ring (bicyclic) bond motifs is 1. The maximum Gasteiger partial charge on any atom is 0.233 e. The molecular formula is C37H54N4O12WY-4. The number of carbonyl (C=O) groups is 3. The zero-order valence-corrected chi connectivity index (χ0v) is 37.5. The van der Waals surface area contributed by atoms with Crippen molar-refractivity contribution in [3.05, 3.63) is 58.0 Å². The summed E-state index contributed by atoms with van der Waals surface area (Å²) in [5.74, 6) is -3.94. The number of carboxylic acid groups (broad SMARTS) is 1. The number of aromatic nitrogens is 3. The fourth-order valence-electron chi connectivity index (χ4n) is 6.90. The molecule has 16 nitrogen and oxygen atoms in total. The second-order valence-electron chi connectivity index (χ2n) is 13.8. The normalized spacial score (nSPS) is 35.5. The van der Waals surface area contributed by atoms with Gasteiger partial charge in [0.25, 0.3) is 0 Å². The van der Waals surface area contributed by atoms with Crippen molar-refractivity contribution in [1.29, 1.82) is 0 Å². The van der Waals surface area contributed by atoms with Gasteiger partial charge in [-0.25, -0.2) is 4.68 Å². The molecule has 4 aliphatic rings. The van der Waals surface area contributed by atoms with Crippen LogP contribution in [0.1, 0.15) is 39.3 Å². The van der Waals surface area contributed by atoms with Gasteiger partial charge in [0.1, 0.15) is 12.2 Å². The van der Waals surface area contributed by atoms with Crippen molar-refractivity contribution in [3.63, 3.8) is 0 Å². The van der Waals surface area contributed by atoms with Crippen LogP contribution in [-0.4, -0.2) is 130 Å². The molecule has 5 heterocycles. The van der Waals surface area contributed by atoms with Crippen LogP contribution >= 0.6 is 0 Å². The van der Waals surface area contributed by atoms with Gasteiger partial charge in [-0.2, -0.15) is 6.42 Å². The number of rotatable bonds is 16. The molecule has 18 heteroatoms.